The molecule has 0 bridgehead atoms. The van der Waals surface area contributed by atoms with Crippen molar-refractivity contribution in [3.63, 3.8) is 0 Å². The Kier molecular flexibility index (Phi) is 4.78. The maximum absolute atomic E-state index is 13.3. The average molecular weight is 340 g/mol. The van der Waals surface area contributed by atoms with Gasteiger partial charge < -0.3 is 10.2 Å². The molecule has 0 unspecified atom stereocenters. The highest BCUT2D eigenvalue weighted by Crippen LogP contribution is 2.36. The van der Waals surface area contributed by atoms with E-state index < -0.39 is 30.1 Å². The summed E-state index contributed by atoms with van der Waals surface area (Å²) in [6.07, 6.45) is -2.20. The van der Waals surface area contributed by atoms with E-state index in [1.165, 1.54) is 0 Å². The van der Waals surface area contributed by atoms with Crippen LogP contribution >= 0.6 is 0 Å². The molecule has 1 aliphatic carbocycles. The number of hydrogen-bond acceptors (Lipinski definition) is 3. The molecule has 3 rings (SSSR count). The van der Waals surface area contributed by atoms with Crippen LogP contribution in [0.2, 0.25) is 0 Å². The molecular formula is C17H19F3N2O2. The van der Waals surface area contributed by atoms with E-state index in [-0.39, 0.29) is 12.1 Å². The Hall–Kier alpha value is -2.05. The molecule has 1 aromatic rings. The first-order valence-electron chi connectivity index (χ1n) is 8.10. The molecule has 2 atom stereocenters. The van der Waals surface area contributed by atoms with Gasteiger partial charge in [-0.2, -0.15) is 13.2 Å². The van der Waals surface area contributed by atoms with Crippen molar-refractivity contribution in [2.45, 2.75) is 50.4 Å². The topological polar surface area (TPSA) is 50.7 Å². The summed E-state index contributed by atoms with van der Waals surface area (Å²) in [5.74, 6) is -1.34. The number of rotatable bonds is 4. The molecule has 1 fully saturated rings. The predicted molar refractivity (Wildman–Crippen MR) is 82.3 cm³/mol. The predicted octanol–water partition coefficient (Wildman–Crippen LogP) is 3.74. The minimum Gasteiger partial charge on any atom is -0.387 e. The highest BCUT2D eigenvalue weighted by atomic mass is 19.4. The van der Waals surface area contributed by atoms with E-state index in [0.29, 0.717) is 12.8 Å². The molecule has 1 heterocycles. The fourth-order valence-corrected chi connectivity index (χ4v) is 3.34. The van der Waals surface area contributed by atoms with Gasteiger partial charge in [-0.05, 0) is 24.3 Å². The van der Waals surface area contributed by atoms with Crippen LogP contribution in [0.3, 0.4) is 0 Å². The molecular weight excluding hydrogens is 321 g/mol. The Labute approximate surface area is 138 Å². The van der Waals surface area contributed by atoms with E-state index in [1.54, 1.807) is 0 Å². The van der Waals surface area contributed by atoms with Crippen LogP contribution in [0.5, 0.6) is 0 Å². The van der Waals surface area contributed by atoms with Gasteiger partial charge in [0.25, 0.3) is 5.91 Å². The van der Waals surface area contributed by atoms with Crippen LogP contribution in [0.1, 0.15) is 43.8 Å². The first-order valence-corrected chi connectivity index (χ1v) is 8.10. The van der Waals surface area contributed by atoms with E-state index in [2.05, 4.69) is 10.5 Å². The summed E-state index contributed by atoms with van der Waals surface area (Å²) in [5.41, 5.74) is 0.850. The third-order valence-corrected chi connectivity index (χ3v) is 4.61. The van der Waals surface area contributed by atoms with Crippen molar-refractivity contribution in [1.29, 1.82) is 0 Å². The molecule has 1 aliphatic heterocycles. The molecule has 2 aliphatic rings. The number of carbonyl (C=O) groups is 1. The van der Waals surface area contributed by atoms with Gasteiger partial charge in [-0.1, -0.05) is 48.3 Å². The van der Waals surface area contributed by atoms with Crippen LogP contribution in [0.4, 0.5) is 13.2 Å². The highest BCUT2D eigenvalue weighted by Gasteiger charge is 2.47. The Morgan fingerprint density at radius 1 is 1.21 bits per heavy atom. The van der Waals surface area contributed by atoms with Gasteiger partial charge in [-0.25, -0.2) is 0 Å². The standard InChI is InChI=1S/C17H19F3N2O2/c18-17(19,20)15(12-8-4-5-9-12)21-16(23)13-10-14(24-22-13)11-6-2-1-3-7-11/h1-3,6-7,12,14-15H,4-5,8-10H2,(H,21,23)/t14-,15-/m0/s1. The zero-order chi connectivity index (χ0) is 17.2. The van der Waals surface area contributed by atoms with Crippen molar-refractivity contribution < 1.29 is 22.8 Å². The van der Waals surface area contributed by atoms with Gasteiger partial charge in [0.05, 0.1) is 0 Å². The number of alkyl halides is 3. The molecule has 130 valence electrons. The minimum absolute atomic E-state index is 0.0103. The highest BCUT2D eigenvalue weighted by molar-refractivity contribution is 6.39. The number of halogens is 3. The minimum atomic E-state index is -4.45. The number of hydrogen-bond donors (Lipinski definition) is 1. The number of nitrogens with zero attached hydrogens (tertiary/aromatic N) is 1. The van der Waals surface area contributed by atoms with Crippen LogP contribution in [0.15, 0.2) is 35.5 Å². The van der Waals surface area contributed by atoms with Crippen molar-refractivity contribution in [3.8, 4) is 0 Å². The van der Waals surface area contributed by atoms with Crippen LogP contribution in [0.25, 0.3) is 0 Å². The monoisotopic (exact) mass is 340 g/mol. The van der Waals surface area contributed by atoms with Crippen molar-refractivity contribution in [2.75, 3.05) is 0 Å². The first kappa shape index (κ1) is 16.8. The van der Waals surface area contributed by atoms with E-state index in [1.807, 2.05) is 30.3 Å². The quantitative estimate of drug-likeness (QED) is 0.908. The van der Waals surface area contributed by atoms with Crippen LogP contribution in [-0.4, -0.2) is 23.8 Å². The second-order valence-electron chi connectivity index (χ2n) is 6.28. The van der Waals surface area contributed by atoms with Crippen molar-refractivity contribution in [2.24, 2.45) is 11.1 Å². The van der Waals surface area contributed by atoms with Gasteiger partial charge in [-0.3, -0.25) is 4.79 Å². The lowest BCUT2D eigenvalue weighted by atomic mass is 9.97. The maximum Gasteiger partial charge on any atom is 0.408 e. The molecule has 1 saturated carbocycles. The number of carbonyl (C=O) groups excluding carboxylic acids is 1. The smallest absolute Gasteiger partial charge is 0.387 e. The Morgan fingerprint density at radius 2 is 1.88 bits per heavy atom. The van der Waals surface area contributed by atoms with Gasteiger partial charge in [0.2, 0.25) is 0 Å². The Balaban J connectivity index is 1.64. The molecule has 0 saturated heterocycles. The van der Waals surface area contributed by atoms with E-state index in [0.717, 1.165) is 18.4 Å². The molecule has 1 aromatic carbocycles. The summed E-state index contributed by atoms with van der Waals surface area (Å²) in [4.78, 5) is 17.4. The number of oxime groups is 1. The largest absolute Gasteiger partial charge is 0.408 e. The van der Waals surface area contributed by atoms with Gasteiger partial charge >= 0.3 is 6.18 Å². The molecule has 4 nitrogen and oxygen atoms in total. The number of benzene rings is 1. The second-order valence-corrected chi connectivity index (χ2v) is 6.28. The van der Waals surface area contributed by atoms with Crippen molar-refractivity contribution >= 4 is 11.6 Å². The normalized spacial score (nSPS) is 22.8. The van der Waals surface area contributed by atoms with Crippen LogP contribution < -0.4 is 5.32 Å². The molecule has 0 aromatic heterocycles. The maximum atomic E-state index is 13.3. The SMILES string of the molecule is O=C(N[C@@H](C1CCCC1)C(F)(F)F)C1=NO[C@H](c2ccccc2)C1. The summed E-state index contributed by atoms with van der Waals surface area (Å²) in [5, 5.41) is 5.83. The molecule has 0 spiro atoms. The van der Waals surface area contributed by atoms with Gasteiger partial charge in [0, 0.05) is 6.42 Å². The van der Waals surface area contributed by atoms with Crippen LogP contribution in [0, 0.1) is 5.92 Å². The van der Waals surface area contributed by atoms with Gasteiger partial charge in [0.1, 0.15) is 11.8 Å². The van der Waals surface area contributed by atoms with E-state index >= 15 is 0 Å². The Bertz CT molecular complexity index is 610. The third-order valence-electron chi connectivity index (χ3n) is 4.61. The van der Waals surface area contributed by atoms with Crippen molar-refractivity contribution in [1.82, 2.24) is 5.32 Å². The third kappa shape index (κ3) is 3.71. The fraction of sp³-hybridized carbons (Fsp3) is 0.529. The van der Waals surface area contributed by atoms with E-state index in [9.17, 15) is 18.0 Å². The van der Waals surface area contributed by atoms with Crippen molar-refractivity contribution in [3.05, 3.63) is 35.9 Å². The number of amides is 1. The summed E-state index contributed by atoms with van der Waals surface area (Å²) >= 11 is 0. The molecule has 7 heteroatoms. The zero-order valence-electron chi connectivity index (χ0n) is 13.1. The number of nitrogens with one attached hydrogen (secondary N) is 1. The van der Waals surface area contributed by atoms with E-state index in [4.69, 9.17) is 4.84 Å². The van der Waals surface area contributed by atoms with Gasteiger partial charge in [0.15, 0.2) is 6.10 Å². The summed E-state index contributed by atoms with van der Waals surface area (Å²) < 4.78 is 39.8. The first-order chi connectivity index (χ1) is 11.4. The lowest BCUT2D eigenvalue weighted by Crippen LogP contribution is -2.51. The average Bonchev–Trinajstić information content (AvgIpc) is 3.23. The van der Waals surface area contributed by atoms with Crippen LogP contribution in [-0.2, 0) is 9.63 Å². The zero-order valence-corrected chi connectivity index (χ0v) is 13.1. The second kappa shape index (κ2) is 6.83. The molecule has 1 N–H and O–H groups in total. The lowest BCUT2D eigenvalue weighted by molar-refractivity contribution is -0.170. The lowest BCUT2D eigenvalue weighted by Gasteiger charge is -2.26. The van der Waals surface area contributed by atoms with Gasteiger partial charge in [-0.15, -0.1) is 0 Å². The molecule has 24 heavy (non-hydrogen) atoms. The Morgan fingerprint density at radius 3 is 2.50 bits per heavy atom. The molecule has 0 radical (unpaired) electrons. The molecule has 1 amide bonds. The summed E-state index contributed by atoms with van der Waals surface area (Å²) in [6.45, 7) is 0. The summed E-state index contributed by atoms with van der Waals surface area (Å²) in [7, 11) is 0. The fourth-order valence-electron chi connectivity index (χ4n) is 3.34. The summed E-state index contributed by atoms with van der Waals surface area (Å²) in [6, 6.07) is 7.36.